The molecule has 1 heterocycles. The highest BCUT2D eigenvalue weighted by molar-refractivity contribution is 7.21. The van der Waals surface area contributed by atoms with Gasteiger partial charge in [-0.05, 0) is 18.4 Å². The highest BCUT2D eigenvalue weighted by Crippen LogP contribution is 2.43. The van der Waals surface area contributed by atoms with Crippen LogP contribution in [0.1, 0.15) is 28.9 Å². The number of hydrogen-bond donors (Lipinski definition) is 1. The minimum atomic E-state index is -0.972. The third kappa shape index (κ3) is 2.83. The average molecular weight is 322 g/mol. The maximum Gasteiger partial charge on any atom is 0.349 e. The molecule has 0 unspecified atom stereocenters. The number of aromatic carboxylic acids is 1. The second-order valence-corrected chi connectivity index (χ2v) is 6.40. The Kier molecular flexibility index (Phi) is 4.11. The standard InChI is InChI=1S/C16H18O5S/c1-19-11-7-10-13(8-12(11)20-2)22-15(16(17)18)14(10)21-6-5-9-3-4-9/h7-9H,3-6H2,1-2H3,(H,17,18). The Balaban J connectivity index is 2.00. The number of methoxy groups -OCH3 is 2. The summed E-state index contributed by atoms with van der Waals surface area (Å²) in [5.74, 6) is 1.36. The molecule has 1 saturated carbocycles. The van der Waals surface area contributed by atoms with Crippen molar-refractivity contribution in [2.75, 3.05) is 20.8 Å². The van der Waals surface area contributed by atoms with E-state index < -0.39 is 5.97 Å². The van der Waals surface area contributed by atoms with E-state index in [4.69, 9.17) is 14.2 Å². The van der Waals surface area contributed by atoms with E-state index in [1.165, 1.54) is 24.2 Å². The molecule has 3 rings (SSSR count). The Morgan fingerprint density at radius 1 is 1.27 bits per heavy atom. The number of carbonyl (C=O) groups is 1. The minimum Gasteiger partial charge on any atom is -0.493 e. The summed E-state index contributed by atoms with van der Waals surface area (Å²) in [6, 6.07) is 3.57. The molecule has 5 nitrogen and oxygen atoms in total. The number of fused-ring (bicyclic) bond motifs is 1. The number of rotatable bonds is 7. The summed E-state index contributed by atoms with van der Waals surface area (Å²) >= 11 is 1.20. The maximum absolute atomic E-state index is 11.5. The molecule has 1 aromatic heterocycles. The second kappa shape index (κ2) is 6.04. The third-order valence-corrected chi connectivity index (χ3v) is 4.93. The zero-order valence-electron chi connectivity index (χ0n) is 12.5. The number of hydrogen-bond acceptors (Lipinski definition) is 5. The van der Waals surface area contributed by atoms with E-state index in [0.29, 0.717) is 23.9 Å². The molecule has 0 aliphatic heterocycles. The molecule has 22 heavy (non-hydrogen) atoms. The molecule has 0 atom stereocenters. The van der Waals surface area contributed by atoms with Gasteiger partial charge in [-0.25, -0.2) is 4.79 Å². The first kappa shape index (κ1) is 15.0. The first-order chi connectivity index (χ1) is 10.6. The lowest BCUT2D eigenvalue weighted by Crippen LogP contribution is -2.02. The molecule has 0 bridgehead atoms. The summed E-state index contributed by atoms with van der Waals surface area (Å²) in [6.45, 7) is 0.547. The van der Waals surface area contributed by atoms with E-state index in [2.05, 4.69) is 0 Å². The molecule has 0 saturated heterocycles. The van der Waals surface area contributed by atoms with Crippen LogP contribution in [0.4, 0.5) is 0 Å². The van der Waals surface area contributed by atoms with Crippen molar-refractivity contribution < 1.29 is 24.1 Å². The summed E-state index contributed by atoms with van der Waals surface area (Å²) in [5, 5.41) is 10.2. The maximum atomic E-state index is 11.5. The molecule has 0 amide bonds. The Hall–Kier alpha value is -1.95. The molecule has 1 N–H and O–H groups in total. The molecule has 118 valence electrons. The lowest BCUT2D eigenvalue weighted by atomic mass is 10.2. The van der Waals surface area contributed by atoms with Gasteiger partial charge in [0.15, 0.2) is 22.1 Å². The molecule has 1 aromatic carbocycles. The zero-order valence-corrected chi connectivity index (χ0v) is 13.4. The minimum absolute atomic E-state index is 0.223. The van der Waals surface area contributed by atoms with Crippen molar-refractivity contribution in [3.8, 4) is 17.2 Å². The Bertz CT molecular complexity index is 702. The van der Waals surface area contributed by atoms with Gasteiger partial charge < -0.3 is 19.3 Å². The van der Waals surface area contributed by atoms with Crippen LogP contribution in [-0.4, -0.2) is 31.9 Å². The average Bonchev–Trinajstić information content (AvgIpc) is 3.26. The van der Waals surface area contributed by atoms with Gasteiger partial charge in [-0.1, -0.05) is 12.8 Å². The summed E-state index contributed by atoms with van der Waals surface area (Å²) in [7, 11) is 3.12. The van der Waals surface area contributed by atoms with E-state index in [-0.39, 0.29) is 4.88 Å². The first-order valence-electron chi connectivity index (χ1n) is 7.18. The van der Waals surface area contributed by atoms with Crippen molar-refractivity contribution in [3.05, 3.63) is 17.0 Å². The van der Waals surface area contributed by atoms with E-state index in [1.807, 2.05) is 0 Å². The number of thiophene rings is 1. The molecule has 0 radical (unpaired) electrons. The monoisotopic (exact) mass is 322 g/mol. The van der Waals surface area contributed by atoms with Crippen LogP contribution in [0, 0.1) is 5.92 Å². The van der Waals surface area contributed by atoms with Gasteiger partial charge in [0, 0.05) is 16.2 Å². The second-order valence-electron chi connectivity index (χ2n) is 5.35. The predicted octanol–water partition coefficient (Wildman–Crippen LogP) is 3.80. The van der Waals surface area contributed by atoms with Gasteiger partial charge in [-0.2, -0.15) is 0 Å². The highest BCUT2D eigenvalue weighted by atomic mass is 32.1. The predicted molar refractivity (Wildman–Crippen MR) is 84.7 cm³/mol. The van der Waals surface area contributed by atoms with Gasteiger partial charge >= 0.3 is 5.97 Å². The Morgan fingerprint density at radius 2 is 1.95 bits per heavy atom. The number of carboxylic acid groups (broad SMARTS) is 1. The number of ether oxygens (including phenoxy) is 3. The fraction of sp³-hybridized carbons (Fsp3) is 0.438. The van der Waals surface area contributed by atoms with Crippen molar-refractivity contribution in [2.45, 2.75) is 19.3 Å². The van der Waals surface area contributed by atoms with Crippen molar-refractivity contribution in [2.24, 2.45) is 5.92 Å². The van der Waals surface area contributed by atoms with Crippen molar-refractivity contribution in [1.82, 2.24) is 0 Å². The van der Waals surface area contributed by atoms with Crippen LogP contribution >= 0.6 is 11.3 Å². The van der Waals surface area contributed by atoms with Gasteiger partial charge in [0.2, 0.25) is 0 Å². The topological polar surface area (TPSA) is 65.0 Å². The number of carboxylic acids is 1. The SMILES string of the molecule is COc1cc2sc(C(=O)O)c(OCCC3CC3)c2cc1OC. The molecule has 1 aliphatic rings. The van der Waals surface area contributed by atoms with Crippen LogP contribution in [0.15, 0.2) is 12.1 Å². The van der Waals surface area contributed by atoms with Gasteiger partial charge in [-0.3, -0.25) is 0 Å². The molecular weight excluding hydrogens is 304 g/mol. The van der Waals surface area contributed by atoms with Crippen LogP contribution in [0.25, 0.3) is 10.1 Å². The van der Waals surface area contributed by atoms with Gasteiger partial charge in [0.1, 0.15) is 0 Å². The van der Waals surface area contributed by atoms with Crippen LogP contribution in [0.2, 0.25) is 0 Å². The quantitative estimate of drug-likeness (QED) is 0.840. The third-order valence-electron chi connectivity index (χ3n) is 3.81. The lowest BCUT2D eigenvalue weighted by Gasteiger charge is -2.09. The highest BCUT2D eigenvalue weighted by Gasteiger charge is 2.24. The first-order valence-corrected chi connectivity index (χ1v) is 8.00. The zero-order chi connectivity index (χ0) is 15.7. The smallest absolute Gasteiger partial charge is 0.349 e. The fourth-order valence-corrected chi connectivity index (χ4v) is 3.42. The van der Waals surface area contributed by atoms with Crippen LogP contribution in [-0.2, 0) is 0 Å². The van der Waals surface area contributed by atoms with E-state index >= 15 is 0 Å². The molecule has 1 fully saturated rings. The van der Waals surface area contributed by atoms with Gasteiger partial charge in [0.05, 0.1) is 20.8 Å². The van der Waals surface area contributed by atoms with Crippen molar-refractivity contribution in [1.29, 1.82) is 0 Å². The molecule has 2 aromatic rings. The van der Waals surface area contributed by atoms with Crippen LogP contribution < -0.4 is 14.2 Å². The largest absolute Gasteiger partial charge is 0.493 e. The molecule has 6 heteroatoms. The van der Waals surface area contributed by atoms with Crippen LogP contribution in [0.5, 0.6) is 17.2 Å². The fourth-order valence-electron chi connectivity index (χ4n) is 2.42. The van der Waals surface area contributed by atoms with Crippen molar-refractivity contribution in [3.63, 3.8) is 0 Å². The van der Waals surface area contributed by atoms with Crippen molar-refractivity contribution >= 4 is 27.4 Å². The van der Waals surface area contributed by atoms with Gasteiger partial charge in [0.25, 0.3) is 0 Å². The Morgan fingerprint density at radius 3 is 2.55 bits per heavy atom. The Labute approximate surface area is 132 Å². The summed E-state index contributed by atoms with van der Waals surface area (Å²) in [5.41, 5.74) is 0. The lowest BCUT2D eigenvalue weighted by molar-refractivity contribution is 0.0698. The van der Waals surface area contributed by atoms with E-state index in [0.717, 1.165) is 22.4 Å². The molecule has 0 spiro atoms. The molecule has 1 aliphatic carbocycles. The summed E-state index contributed by atoms with van der Waals surface area (Å²) in [6.07, 6.45) is 3.48. The molecular formula is C16H18O5S. The van der Waals surface area contributed by atoms with Crippen LogP contribution in [0.3, 0.4) is 0 Å². The van der Waals surface area contributed by atoms with Gasteiger partial charge in [-0.15, -0.1) is 11.3 Å². The number of benzene rings is 1. The normalized spacial score (nSPS) is 14.1. The van der Waals surface area contributed by atoms with E-state index in [9.17, 15) is 9.90 Å². The summed E-state index contributed by atoms with van der Waals surface area (Å²) in [4.78, 5) is 11.7. The van der Waals surface area contributed by atoms with E-state index in [1.54, 1.807) is 26.4 Å². The summed E-state index contributed by atoms with van der Waals surface area (Å²) < 4.78 is 17.2.